The van der Waals surface area contributed by atoms with E-state index < -0.39 is 0 Å². The summed E-state index contributed by atoms with van der Waals surface area (Å²) in [6.45, 7) is 1.81. The Morgan fingerprint density at radius 3 is 3.00 bits per heavy atom. The number of carbonyl (C=O) groups excluding carboxylic acids is 1. The van der Waals surface area contributed by atoms with Crippen molar-refractivity contribution in [2.45, 2.75) is 13.3 Å². The number of methoxy groups -OCH3 is 1. The van der Waals surface area contributed by atoms with E-state index in [0.717, 1.165) is 5.69 Å². The van der Waals surface area contributed by atoms with Crippen molar-refractivity contribution < 1.29 is 9.53 Å². The molecule has 1 aromatic heterocycles. The van der Waals surface area contributed by atoms with Gasteiger partial charge in [-0.1, -0.05) is 0 Å². The molecule has 0 aromatic carbocycles. The Morgan fingerprint density at radius 2 is 2.43 bits per heavy atom. The molecule has 0 bridgehead atoms. The first kappa shape index (κ1) is 10.2. The van der Waals surface area contributed by atoms with Crippen molar-refractivity contribution in [1.82, 2.24) is 4.98 Å². The zero-order valence-corrected chi connectivity index (χ0v) is 8.07. The molecule has 0 aliphatic carbocycles. The summed E-state index contributed by atoms with van der Waals surface area (Å²) < 4.78 is 4.52. The minimum Gasteiger partial charge on any atom is -0.469 e. The summed E-state index contributed by atoms with van der Waals surface area (Å²) in [6.07, 6.45) is 1.58. The Labute approximate surface area is 82.1 Å². The van der Waals surface area contributed by atoms with Crippen molar-refractivity contribution in [3.8, 4) is 6.07 Å². The molecule has 0 amide bonds. The van der Waals surface area contributed by atoms with Gasteiger partial charge < -0.3 is 4.74 Å². The van der Waals surface area contributed by atoms with Gasteiger partial charge in [0, 0.05) is 11.9 Å². The maximum atomic E-state index is 11.0. The number of esters is 1. The number of nitrogens with zero attached hydrogens (tertiary/aromatic N) is 2. The molecule has 0 aliphatic rings. The third kappa shape index (κ3) is 2.30. The Hall–Kier alpha value is -1.89. The smallest absolute Gasteiger partial charge is 0.310 e. The van der Waals surface area contributed by atoms with Crippen molar-refractivity contribution in [2.24, 2.45) is 0 Å². The van der Waals surface area contributed by atoms with E-state index in [0.29, 0.717) is 11.1 Å². The maximum absolute atomic E-state index is 11.0. The minimum atomic E-state index is -0.355. The van der Waals surface area contributed by atoms with Crippen LogP contribution in [-0.2, 0) is 16.0 Å². The van der Waals surface area contributed by atoms with E-state index in [-0.39, 0.29) is 12.4 Å². The van der Waals surface area contributed by atoms with Crippen LogP contribution in [-0.4, -0.2) is 18.1 Å². The number of pyridine rings is 1. The SMILES string of the molecule is COC(=O)Cc1cc(C)ncc1C#N. The van der Waals surface area contributed by atoms with E-state index in [9.17, 15) is 4.79 Å². The van der Waals surface area contributed by atoms with Gasteiger partial charge >= 0.3 is 5.97 Å². The van der Waals surface area contributed by atoms with Gasteiger partial charge in [-0.25, -0.2) is 0 Å². The van der Waals surface area contributed by atoms with Crippen LogP contribution in [0.2, 0.25) is 0 Å². The molecule has 4 nitrogen and oxygen atoms in total. The van der Waals surface area contributed by atoms with Crippen LogP contribution in [0.25, 0.3) is 0 Å². The van der Waals surface area contributed by atoms with Gasteiger partial charge in [-0.3, -0.25) is 9.78 Å². The van der Waals surface area contributed by atoms with E-state index in [1.54, 1.807) is 6.07 Å². The minimum absolute atomic E-state index is 0.114. The molecule has 0 atom stereocenters. The molecular weight excluding hydrogens is 180 g/mol. The normalized spacial score (nSPS) is 9.21. The van der Waals surface area contributed by atoms with Crippen molar-refractivity contribution in [3.63, 3.8) is 0 Å². The van der Waals surface area contributed by atoms with Gasteiger partial charge in [-0.2, -0.15) is 5.26 Å². The van der Waals surface area contributed by atoms with Crippen LogP contribution in [0.3, 0.4) is 0 Å². The molecule has 72 valence electrons. The maximum Gasteiger partial charge on any atom is 0.310 e. The van der Waals surface area contributed by atoms with E-state index in [1.807, 2.05) is 13.0 Å². The number of hydrogen-bond donors (Lipinski definition) is 0. The van der Waals surface area contributed by atoms with Crippen LogP contribution in [0.5, 0.6) is 0 Å². The first-order valence-electron chi connectivity index (χ1n) is 4.10. The lowest BCUT2D eigenvalue weighted by Gasteiger charge is -2.02. The highest BCUT2D eigenvalue weighted by Gasteiger charge is 2.08. The summed E-state index contributed by atoms with van der Waals surface area (Å²) in [7, 11) is 1.32. The molecule has 1 heterocycles. The summed E-state index contributed by atoms with van der Waals surface area (Å²) in [5.41, 5.74) is 1.86. The molecule has 0 saturated carbocycles. The molecule has 1 rings (SSSR count). The summed E-state index contributed by atoms with van der Waals surface area (Å²) in [5, 5.41) is 8.75. The highest BCUT2D eigenvalue weighted by atomic mass is 16.5. The largest absolute Gasteiger partial charge is 0.469 e. The standard InChI is InChI=1S/C10H10N2O2/c1-7-3-8(4-10(13)14-2)9(5-11)6-12-7/h3,6H,4H2,1-2H3. The van der Waals surface area contributed by atoms with Gasteiger partial charge in [0.15, 0.2) is 0 Å². The second-order valence-electron chi connectivity index (χ2n) is 2.85. The highest BCUT2D eigenvalue weighted by molar-refractivity contribution is 5.73. The Kier molecular flexibility index (Phi) is 3.19. The fourth-order valence-corrected chi connectivity index (χ4v) is 1.09. The molecule has 0 N–H and O–H groups in total. The number of nitriles is 1. The number of aryl methyl sites for hydroxylation is 1. The summed E-state index contributed by atoms with van der Waals surface area (Å²) >= 11 is 0. The zero-order chi connectivity index (χ0) is 10.6. The van der Waals surface area contributed by atoms with E-state index in [4.69, 9.17) is 5.26 Å². The van der Waals surface area contributed by atoms with Crippen LogP contribution in [0, 0.1) is 18.3 Å². The van der Waals surface area contributed by atoms with E-state index in [2.05, 4.69) is 9.72 Å². The molecule has 0 saturated heterocycles. The van der Waals surface area contributed by atoms with Crippen molar-refractivity contribution in [1.29, 1.82) is 5.26 Å². The third-order valence-electron chi connectivity index (χ3n) is 1.81. The fraction of sp³-hybridized carbons (Fsp3) is 0.300. The summed E-state index contributed by atoms with van der Waals surface area (Å²) in [5.74, 6) is -0.355. The van der Waals surface area contributed by atoms with Gasteiger partial charge in [0.2, 0.25) is 0 Å². The monoisotopic (exact) mass is 190 g/mol. The highest BCUT2D eigenvalue weighted by Crippen LogP contribution is 2.09. The molecule has 4 heteroatoms. The van der Waals surface area contributed by atoms with Crippen LogP contribution < -0.4 is 0 Å². The lowest BCUT2D eigenvalue weighted by atomic mass is 10.1. The lowest BCUT2D eigenvalue weighted by Crippen LogP contribution is -2.06. The second kappa shape index (κ2) is 4.38. The van der Waals surface area contributed by atoms with E-state index in [1.165, 1.54) is 13.3 Å². The molecule has 0 aliphatic heterocycles. The molecule has 1 aromatic rings. The quantitative estimate of drug-likeness (QED) is 0.652. The molecule has 0 radical (unpaired) electrons. The average Bonchev–Trinajstić information content (AvgIpc) is 2.18. The topological polar surface area (TPSA) is 63.0 Å². The molecule has 0 fully saturated rings. The van der Waals surface area contributed by atoms with Crippen LogP contribution in [0.4, 0.5) is 0 Å². The molecule has 0 unspecified atom stereocenters. The van der Waals surface area contributed by atoms with E-state index >= 15 is 0 Å². The van der Waals surface area contributed by atoms with Gasteiger partial charge in [-0.15, -0.1) is 0 Å². The third-order valence-corrected chi connectivity index (χ3v) is 1.81. The lowest BCUT2D eigenvalue weighted by molar-refractivity contribution is -0.139. The Morgan fingerprint density at radius 1 is 1.71 bits per heavy atom. The van der Waals surface area contributed by atoms with Gasteiger partial charge in [-0.05, 0) is 18.6 Å². The zero-order valence-electron chi connectivity index (χ0n) is 8.07. The number of aromatic nitrogens is 1. The predicted octanol–water partition coefficient (Wildman–Crippen LogP) is 0.977. The number of carbonyl (C=O) groups is 1. The number of hydrogen-bond acceptors (Lipinski definition) is 4. The van der Waals surface area contributed by atoms with Gasteiger partial charge in [0.25, 0.3) is 0 Å². The Bertz CT molecular complexity index is 394. The van der Waals surface area contributed by atoms with Crippen LogP contribution in [0.15, 0.2) is 12.3 Å². The number of rotatable bonds is 2. The molecule has 14 heavy (non-hydrogen) atoms. The second-order valence-corrected chi connectivity index (χ2v) is 2.85. The molecular formula is C10H10N2O2. The van der Waals surface area contributed by atoms with Gasteiger partial charge in [0.1, 0.15) is 6.07 Å². The first-order chi connectivity index (χ1) is 6.67. The fourth-order valence-electron chi connectivity index (χ4n) is 1.09. The van der Waals surface area contributed by atoms with Gasteiger partial charge in [0.05, 0.1) is 19.1 Å². The summed E-state index contributed by atoms with van der Waals surface area (Å²) in [4.78, 5) is 15.0. The molecule has 0 spiro atoms. The first-order valence-corrected chi connectivity index (χ1v) is 4.10. The summed E-state index contributed by atoms with van der Waals surface area (Å²) in [6, 6.07) is 3.70. The van der Waals surface area contributed by atoms with Crippen molar-refractivity contribution in [2.75, 3.05) is 7.11 Å². The predicted molar refractivity (Wildman–Crippen MR) is 49.4 cm³/mol. The van der Waals surface area contributed by atoms with Crippen LogP contribution >= 0.6 is 0 Å². The van der Waals surface area contributed by atoms with Crippen molar-refractivity contribution >= 4 is 5.97 Å². The van der Waals surface area contributed by atoms with Crippen molar-refractivity contribution in [3.05, 3.63) is 29.1 Å². The van der Waals surface area contributed by atoms with Crippen LogP contribution in [0.1, 0.15) is 16.8 Å². The number of ether oxygens (including phenoxy) is 1. The Balaban J connectivity index is 3.00. The average molecular weight is 190 g/mol.